The van der Waals surface area contributed by atoms with E-state index in [9.17, 15) is 0 Å². The molecule has 80 valence electrons. The monoisotopic (exact) mass is 232 g/mol. The van der Waals surface area contributed by atoms with Crippen LogP contribution in [0, 0.1) is 0 Å². The molecule has 0 fully saturated rings. The van der Waals surface area contributed by atoms with Crippen molar-refractivity contribution in [3.05, 3.63) is 0 Å². The van der Waals surface area contributed by atoms with E-state index in [0.717, 1.165) is 0 Å². The highest BCUT2D eigenvalue weighted by Crippen LogP contribution is 2.07. The Morgan fingerprint density at radius 2 is 1.46 bits per heavy atom. The Morgan fingerprint density at radius 1 is 0.846 bits per heavy atom. The van der Waals surface area contributed by atoms with Gasteiger partial charge in [0.1, 0.15) is 0 Å². The van der Waals surface area contributed by atoms with Gasteiger partial charge in [-0.3, -0.25) is 0 Å². The summed E-state index contributed by atoms with van der Waals surface area (Å²) in [5.74, 6) is 0. The number of hydrogen-bond acceptors (Lipinski definition) is 0. The summed E-state index contributed by atoms with van der Waals surface area (Å²) in [5, 5.41) is 0. The molecule has 0 heterocycles. The highest BCUT2D eigenvalue weighted by Gasteiger charge is 1.91. The molecule has 0 aliphatic rings. The summed E-state index contributed by atoms with van der Waals surface area (Å²) in [6.07, 6.45) is 10.5. The molecule has 0 N–H and O–H groups in total. The molecule has 0 aliphatic carbocycles. The van der Waals surface area contributed by atoms with E-state index in [1.54, 1.807) is 18.9 Å². The van der Waals surface area contributed by atoms with Crippen LogP contribution in [0.3, 0.4) is 0 Å². The van der Waals surface area contributed by atoms with Crippen LogP contribution in [0.4, 0.5) is 0 Å². The van der Waals surface area contributed by atoms with Crippen LogP contribution >= 0.6 is 0 Å². The molecule has 13 heavy (non-hydrogen) atoms. The van der Waals surface area contributed by atoms with E-state index in [0.29, 0.717) is 26.6 Å². The van der Waals surface area contributed by atoms with Crippen molar-refractivity contribution in [3.8, 4) is 0 Å². The Kier molecular flexibility index (Phi) is 13.3. The molecule has 0 atom stereocenters. The Labute approximate surface area is 91.3 Å². The lowest BCUT2D eigenvalue weighted by Crippen LogP contribution is -2.08. The van der Waals surface area contributed by atoms with Crippen LogP contribution in [0.15, 0.2) is 0 Å². The Bertz CT molecular complexity index is 76.2. The molecule has 0 saturated heterocycles. The molecule has 0 aliphatic heterocycles. The molecule has 0 aromatic carbocycles. The van der Waals surface area contributed by atoms with Gasteiger partial charge >= 0.3 is 0 Å². The van der Waals surface area contributed by atoms with E-state index in [2.05, 4.69) is 13.5 Å². The number of unbranched alkanes of at least 4 members (excludes halogenated alkanes) is 6. The van der Waals surface area contributed by atoms with Crippen molar-refractivity contribution in [3.63, 3.8) is 0 Å². The van der Waals surface area contributed by atoms with Gasteiger partial charge in [-0.1, -0.05) is 64.5 Å². The quantitative estimate of drug-likeness (QED) is 0.396. The van der Waals surface area contributed by atoms with Crippen molar-refractivity contribution in [2.24, 2.45) is 0 Å². The fourth-order valence-corrected chi connectivity index (χ4v) is 14.6. The molecular weight excluding hydrogens is 204 g/mol. The minimum Gasteiger partial charge on any atom is -0.0773 e. The predicted molar refractivity (Wildman–Crippen MR) is 74.3 cm³/mol. The molecule has 0 bridgehead atoms. The topological polar surface area (TPSA) is 0 Å². The number of rotatable bonds is 10. The van der Waals surface area contributed by atoms with Crippen LogP contribution in [0.1, 0.15) is 51.9 Å². The summed E-state index contributed by atoms with van der Waals surface area (Å²) < 4.78 is 0. The van der Waals surface area contributed by atoms with E-state index in [-0.39, 0.29) is 0 Å². The smallest absolute Gasteiger partial charge is 0.00492 e. The molecule has 0 amide bonds. The van der Waals surface area contributed by atoms with E-state index in [1.165, 1.54) is 32.1 Å². The second-order valence-corrected chi connectivity index (χ2v) is 20.9. The van der Waals surface area contributed by atoms with Crippen LogP contribution < -0.4 is 0 Å². The van der Waals surface area contributed by atoms with Gasteiger partial charge in [0.2, 0.25) is 0 Å². The van der Waals surface area contributed by atoms with Crippen molar-refractivity contribution in [1.29, 1.82) is 0 Å². The third kappa shape index (κ3) is 12.7. The van der Waals surface area contributed by atoms with E-state index in [1.807, 2.05) is 0 Å². The van der Waals surface area contributed by atoms with Crippen molar-refractivity contribution < 1.29 is 0 Å². The number of hydrogen-bond donors (Lipinski definition) is 0. The first-order valence-electron chi connectivity index (χ1n) is 6.41. The SMILES string of the molecule is CCCCCCCCC[SiH2][SiH2][SiH2]C. The summed E-state index contributed by atoms with van der Waals surface area (Å²) in [4.78, 5) is 0. The maximum absolute atomic E-state index is 2.52. The molecule has 0 unspecified atom stereocenters. The van der Waals surface area contributed by atoms with Gasteiger partial charge in [0.15, 0.2) is 0 Å². The molecule has 0 saturated carbocycles. The van der Waals surface area contributed by atoms with Gasteiger partial charge in [-0.2, -0.15) is 0 Å². The van der Waals surface area contributed by atoms with E-state index in [4.69, 9.17) is 0 Å². The maximum Gasteiger partial charge on any atom is 0.00492 e. The minimum atomic E-state index is 0.564. The zero-order chi connectivity index (χ0) is 9.78. The molecular formula is C10H28Si3. The first-order valence-corrected chi connectivity index (χ1v) is 16.8. The van der Waals surface area contributed by atoms with E-state index >= 15 is 0 Å². The lowest BCUT2D eigenvalue weighted by atomic mass is 10.1. The maximum atomic E-state index is 2.52. The molecule has 0 nitrogen and oxygen atoms in total. The van der Waals surface area contributed by atoms with Gasteiger partial charge < -0.3 is 0 Å². The zero-order valence-corrected chi connectivity index (χ0v) is 14.0. The van der Waals surface area contributed by atoms with Crippen molar-refractivity contribution in [1.82, 2.24) is 0 Å². The first kappa shape index (κ1) is 13.7. The summed E-state index contributed by atoms with van der Waals surface area (Å²) >= 11 is 0. The normalized spacial score (nSPS) is 13.4. The third-order valence-electron chi connectivity index (χ3n) is 2.71. The summed E-state index contributed by atoms with van der Waals surface area (Å²) in [7, 11) is 1.78. The van der Waals surface area contributed by atoms with Crippen LogP contribution in [0.25, 0.3) is 0 Å². The van der Waals surface area contributed by atoms with Gasteiger partial charge in [-0.15, -0.1) is 0 Å². The third-order valence-corrected chi connectivity index (χ3v) is 20.9. The lowest BCUT2D eigenvalue weighted by Gasteiger charge is -2.00. The average Bonchev–Trinajstić information content (AvgIpc) is 2.16. The first-order chi connectivity index (χ1) is 6.41. The molecule has 0 radical (unpaired) electrons. The summed E-state index contributed by atoms with van der Waals surface area (Å²) in [6, 6.07) is 1.71. The Morgan fingerprint density at radius 3 is 2.08 bits per heavy atom. The van der Waals surface area contributed by atoms with Crippen molar-refractivity contribution in [2.75, 3.05) is 0 Å². The molecule has 0 rings (SSSR count). The van der Waals surface area contributed by atoms with Gasteiger partial charge in [-0.05, 0) is 8.55 Å². The highest BCUT2D eigenvalue weighted by molar-refractivity contribution is 7.29. The largest absolute Gasteiger partial charge is 0.0773 e. The van der Waals surface area contributed by atoms with Crippen LogP contribution in [-0.4, -0.2) is 26.6 Å². The van der Waals surface area contributed by atoms with Gasteiger partial charge in [0.05, 0.1) is 0 Å². The highest BCUT2D eigenvalue weighted by atomic mass is 29.5. The molecule has 0 aromatic heterocycles. The van der Waals surface area contributed by atoms with Crippen LogP contribution in [0.2, 0.25) is 12.6 Å². The fourth-order valence-electron chi connectivity index (χ4n) is 1.74. The Hall–Kier alpha value is 0.651. The molecule has 0 spiro atoms. The zero-order valence-electron chi connectivity index (χ0n) is 9.78. The second kappa shape index (κ2) is 12.7. The summed E-state index contributed by atoms with van der Waals surface area (Å²) in [6.45, 7) is 4.81. The predicted octanol–water partition coefficient (Wildman–Crippen LogP) is 1.54. The fraction of sp³-hybridized carbons (Fsp3) is 1.00. The molecule has 3 heteroatoms. The Balaban J connectivity index is 2.76. The average molecular weight is 233 g/mol. The van der Waals surface area contributed by atoms with Crippen LogP contribution in [-0.2, 0) is 0 Å². The standard InChI is InChI=1S/C10H28Si3/c1-3-4-5-6-7-8-9-10-12-13-11-2/h3-13H2,1-2H3. The van der Waals surface area contributed by atoms with Gasteiger partial charge in [0.25, 0.3) is 0 Å². The minimum absolute atomic E-state index is 0.564. The van der Waals surface area contributed by atoms with Gasteiger partial charge in [-0.25, -0.2) is 0 Å². The molecule has 0 aromatic rings. The van der Waals surface area contributed by atoms with Gasteiger partial charge in [0, 0.05) is 18.1 Å². The van der Waals surface area contributed by atoms with Crippen molar-refractivity contribution >= 4 is 26.6 Å². The lowest BCUT2D eigenvalue weighted by molar-refractivity contribution is 0.602. The summed E-state index contributed by atoms with van der Waals surface area (Å²) in [5.41, 5.74) is 0. The van der Waals surface area contributed by atoms with E-state index < -0.39 is 0 Å². The second-order valence-electron chi connectivity index (χ2n) is 4.18. The van der Waals surface area contributed by atoms with Crippen LogP contribution in [0.5, 0.6) is 0 Å². The van der Waals surface area contributed by atoms with Crippen molar-refractivity contribution in [2.45, 2.75) is 64.5 Å².